The average molecular weight is 374 g/mol. The van der Waals surface area contributed by atoms with Gasteiger partial charge in [-0.15, -0.1) is 0 Å². The van der Waals surface area contributed by atoms with Crippen molar-refractivity contribution in [3.05, 3.63) is 0 Å². The summed E-state index contributed by atoms with van der Waals surface area (Å²) < 4.78 is 16.4. The van der Waals surface area contributed by atoms with Crippen molar-refractivity contribution >= 4 is 12.2 Å². The van der Waals surface area contributed by atoms with Crippen molar-refractivity contribution in [2.45, 2.75) is 77.7 Å². The van der Waals surface area contributed by atoms with Crippen LogP contribution in [0, 0.1) is 0 Å². The molecule has 2 amide bonds. The second kappa shape index (κ2) is 7.60. The molecule has 1 rings (SSSR count). The number of hydrogen-bond donors (Lipinski definition) is 2. The van der Waals surface area contributed by atoms with Crippen LogP contribution < -0.4 is 5.32 Å². The maximum absolute atomic E-state index is 12.9. The molecule has 8 nitrogen and oxygen atoms in total. The molecule has 8 heteroatoms. The summed E-state index contributed by atoms with van der Waals surface area (Å²) in [5.41, 5.74) is -3.21. The van der Waals surface area contributed by atoms with Crippen LogP contribution in [-0.4, -0.2) is 70.8 Å². The monoisotopic (exact) mass is 374 g/mol. The zero-order valence-corrected chi connectivity index (χ0v) is 17.3. The second-order valence-electron chi connectivity index (χ2n) is 9.36. The number of amides is 2. The lowest BCUT2D eigenvalue weighted by molar-refractivity contribution is -0.146. The molecule has 1 atom stereocenters. The van der Waals surface area contributed by atoms with Crippen LogP contribution in [0.25, 0.3) is 0 Å². The first-order valence-electron chi connectivity index (χ1n) is 8.81. The van der Waals surface area contributed by atoms with Crippen LogP contribution >= 0.6 is 0 Å². The first kappa shape index (κ1) is 22.5. The Morgan fingerprint density at radius 1 is 1.08 bits per heavy atom. The largest absolute Gasteiger partial charge is 0.444 e. The first-order valence-corrected chi connectivity index (χ1v) is 8.81. The van der Waals surface area contributed by atoms with Crippen molar-refractivity contribution in [3.63, 3.8) is 0 Å². The van der Waals surface area contributed by atoms with Gasteiger partial charge in [-0.25, -0.2) is 9.59 Å². The van der Waals surface area contributed by atoms with E-state index in [0.717, 1.165) is 0 Å². The highest BCUT2D eigenvalue weighted by atomic mass is 16.6. The molecule has 0 aliphatic carbocycles. The van der Waals surface area contributed by atoms with E-state index in [9.17, 15) is 14.7 Å². The summed E-state index contributed by atoms with van der Waals surface area (Å²) in [4.78, 5) is 26.4. The Morgan fingerprint density at radius 2 is 1.62 bits per heavy atom. The fraction of sp³-hybridized carbons (Fsp3) is 0.889. The molecule has 0 saturated carbocycles. The Balaban J connectivity index is 3.06. The lowest BCUT2D eigenvalue weighted by atomic mass is 9.89. The van der Waals surface area contributed by atoms with Crippen LogP contribution in [0.15, 0.2) is 0 Å². The maximum Gasteiger partial charge on any atom is 0.411 e. The summed E-state index contributed by atoms with van der Waals surface area (Å²) >= 11 is 0. The summed E-state index contributed by atoms with van der Waals surface area (Å²) in [6, 6.07) is 0. The standard InChI is InChI=1S/C18H34N2O6/c1-15(2,3)25-13(22)19-9-18(10-21)12-24-11-17(7,8)20(18)14(23)26-16(4,5)6/h21H,9-12H2,1-8H3,(H,19,22). The van der Waals surface area contributed by atoms with Gasteiger partial charge in [-0.1, -0.05) is 0 Å². The number of rotatable bonds is 3. The van der Waals surface area contributed by atoms with Crippen LogP contribution in [0.5, 0.6) is 0 Å². The SMILES string of the molecule is CC(C)(C)OC(=O)NCC1(CO)COCC(C)(C)N1C(=O)OC(C)(C)C. The molecule has 1 unspecified atom stereocenters. The highest BCUT2D eigenvalue weighted by Crippen LogP contribution is 2.33. The first-order chi connectivity index (χ1) is 11.6. The highest BCUT2D eigenvalue weighted by molar-refractivity contribution is 5.71. The number of nitrogens with one attached hydrogen (secondary N) is 1. The highest BCUT2D eigenvalue weighted by Gasteiger charge is 2.52. The number of ether oxygens (including phenoxy) is 3. The van der Waals surface area contributed by atoms with Gasteiger partial charge >= 0.3 is 12.2 Å². The molecular weight excluding hydrogens is 340 g/mol. The van der Waals surface area contributed by atoms with Crippen molar-refractivity contribution in [1.82, 2.24) is 10.2 Å². The Bertz CT molecular complexity index is 521. The molecule has 2 N–H and O–H groups in total. The smallest absolute Gasteiger partial charge is 0.411 e. The average Bonchev–Trinajstić information content (AvgIpc) is 2.40. The van der Waals surface area contributed by atoms with Crippen molar-refractivity contribution in [3.8, 4) is 0 Å². The molecule has 0 spiro atoms. The summed E-state index contributed by atoms with van der Waals surface area (Å²) in [5, 5.41) is 12.8. The third-order valence-corrected chi connectivity index (χ3v) is 3.74. The Morgan fingerprint density at radius 3 is 2.08 bits per heavy atom. The quantitative estimate of drug-likeness (QED) is 0.787. The van der Waals surface area contributed by atoms with Crippen LogP contribution in [0.1, 0.15) is 55.4 Å². The van der Waals surface area contributed by atoms with Crippen molar-refractivity contribution in [2.75, 3.05) is 26.4 Å². The lowest BCUT2D eigenvalue weighted by Crippen LogP contribution is -2.73. The number of hydrogen-bond acceptors (Lipinski definition) is 6. The molecule has 0 aromatic carbocycles. The van der Waals surface area contributed by atoms with Crippen LogP contribution in [0.2, 0.25) is 0 Å². The second-order valence-corrected chi connectivity index (χ2v) is 9.36. The maximum atomic E-state index is 12.9. The minimum Gasteiger partial charge on any atom is -0.444 e. The van der Waals surface area contributed by atoms with Crippen molar-refractivity contribution < 1.29 is 28.9 Å². The molecule has 1 heterocycles. The minimum absolute atomic E-state index is 0.0267. The van der Waals surface area contributed by atoms with Crippen molar-refractivity contribution in [1.29, 1.82) is 0 Å². The zero-order chi connectivity index (χ0) is 20.4. The topological polar surface area (TPSA) is 97.3 Å². The van der Waals surface area contributed by atoms with Crippen LogP contribution in [0.3, 0.4) is 0 Å². The van der Waals surface area contributed by atoms with Gasteiger partial charge in [-0.3, -0.25) is 4.90 Å². The van der Waals surface area contributed by atoms with Gasteiger partial charge in [0.05, 0.1) is 25.4 Å². The molecule has 26 heavy (non-hydrogen) atoms. The number of carbonyl (C=O) groups is 2. The summed E-state index contributed by atoms with van der Waals surface area (Å²) in [7, 11) is 0. The number of carbonyl (C=O) groups excluding carboxylic acids is 2. The predicted molar refractivity (Wildman–Crippen MR) is 97.0 cm³/mol. The van der Waals surface area contributed by atoms with E-state index >= 15 is 0 Å². The number of alkyl carbamates (subject to hydrolysis) is 1. The van der Waals surface area contributed by atoms with Gasteiger partial charge in [0, 0.05) is 6.54 Å². The van der Waals surface area contributed by atoms with E-state index in [1.54, 1.807) is 41.5 Å². The third-order valence-electron chi connectivity index (χ3n) is 3.74. The number of aliphatic hydroxyl groups excluding tert-OH is 1. The van der Waals surface area contributed by atoms with Gasteiger partial charge in [0.25, 0.3) is 0 Å². The molecule has 1 saturated heterocycles. The van der Waals surface area contributed by atoms with Crippen LogP contribution in [-0.2, 0) is 14.2 Å². The summed E-state index contributed by atoms with van der Waals surface area (Å²) in [6.07, 6.45) is -1.19. The fourth-order valence-corrected chi connectivity index (χ4v) is 2.86. The molecule has 0 aromatic rings. The minimum atomic E-state index is -1.15. The normalized spacial score (nSPS) is 23.3. The van der Waals surface area contributed by atoms with Gasteiger partial charge < -0.3 is 24.6 Å². The van der Waals surface area contributed by atoms with E-state index in [1.165, 1.54) is 4.90 Å². The zero-order valence-electron chi connectivity index (χ0n) is 17.3. The molecular formula is C18H34N2O6. The van der Waals surface area contributed by atoms with E-state index in [4.69, 9.17) is 14.2 Å². The van der Waals surface area contributed by atoms with E-state index in [2.05, 4.69) is 5.32 Å². The molecule has 1 fully saturated rings. The Kier molecular flexibility index (Phi) is 6.58. The van der Waals surface area contributed by atoms with Gasteiger partial charge in [0.15, 0.2) is 0 Å². The molecule has 0 aromatic heterocycles. The number of nitrogens with zero attached hydrogens (tertiary/aromatic N) is 1. The van der Waals surface area contributed by atoms with Crippen LogP contribution in [0.4, 0.5) is 9.59 Å². The van der Waals surface area contributed by atoms with E-state index < -0.39 is 41.1 Å². The van der Waals surface area contributed by atoms with Crippen molar-refractivity contribution in [2.24, 2.45) is 0 Å². The lowest BCUT2D eigenvalue weighted by Gasteiger charge is -2.53. The van der Waals surface area contributed by atoms with Gasteiger partial charge in [-0.05, 0) is 55.4 Å². The predicted octanol–water partition coefficient (Wildman–Crippen LogP) is 2.29. The molecule has 1 aliphatic heterocycles. The van der Waals surface area contributed by atoms with Gasteiger partial charge in [-0.2, -0.15) is 0 Å². The Hall–Kier alpha value is -1.54. The summed E-state index contributed by atoms with van der Waals surface area (Å²) in [6.45, 7) is 14.2. The molecule has 152 valence electrons. The molecule has 0 radical (unpaired) electrons. The fourth-order valence-electron chi connectivity index (χ4n) is 2.86. The van der Waals surface area contributed by atoms with Gasteiger partial charge in [0.1, 0.15) is 16.7 Å². The third kappa shape index (κ3) is 6.02. The number of aliphatic hydroxyl groups is 1. The van der Waals surface area contributed by atoms with E-state index in [0.29, 0.717) is 6.61 Å². The Labute approximate surface area is 156 Å². The van der Waals surface area contributed by atoms with E-state index in [-0.39, 0.29) is 13.2 Å². The molecule has 0 bridgehead atoms. The van der Waals surface area contributed by atoms with E-state index in [1.807, 2.05) is 13.8 Å². The van der Waals surface area contributed by atoms with Gasteiger partial charge in [0.2, 0.25) is 0 Å². The molecule has 1 aliphatic rings. The summed E-state index contributed by atoms with van der Waals surface area (Å²) in [5.74, 6) is 0. The number of morpholine rings is 1.